The van der Waals surface area contributed by atoms with E-state index in [1.807, 2.05) is 19.3 Å². The highest BCUT2D eigenvalue weighted by atomic mass is 35.5. The zero-order valence-electron chi connectivity index (χ0n) is 8.04. The van der Waals surface area contributed by atoms with Crippen molar-refractivity contribution in [1.29, 1.82) is 0 Å². The van der Waals surface area contributed by atoms with Crippen molar-refractivity contribution in [2.24, 2.45) is 0 Å². The lowest BCUT2D eigenvalue weighted by Crippen LogP contribution is -1.94. The first-order valence-corrected chi connectivity index (χ1v) is 5.14. The van der Waals surface area contributed by atoms with Crippen LogP contribution in [0.25, 0.3) is 5.69 Å². The van der Waals surface area contributed by atoms with Gasteiger partial charge in [-0.25, -0.2) is 4.68 Å². The number of benzene rings is 1. The SMILES string of the molecule is CNc1cnn(-c2ccc(Cl)cc2Cl)c1. The molecule has 0 saturated carbocycles. The van der Waals surface area contributed by atoms with E-state index in [0.29, 0.717) is 10.0 Å². The van der Waals surface area contributed by atoms with Gasteiger partial charge in [0, 0.05) is 12.1 Å². The molecule has 0 saturated heterocycles. The van der Waals surface area contributed by atoms with Gasteiger partial charge in [0.15, 0.2) is 0 Å². The Morgan fingerprint density at radius 1 is 1.33 bits per heavy atom. The normalized spacial score (nSPS) is 10.3. The Morgan fingerprint density at radius 3 is 2.73 bits per heavy atom. The van der Waals surface area contributed by atoms with Crippen molar-refractivity contribution in [3.63, 3.8) is 0 Å². The molecule has 1 N–H and O–H groups in total. The number of hydrogen-bond acceptors (Lipinski definition) is 2. The molecule has 0 aliphatic heterocycles. The van der Waals surface area contributed by atoms with E-state index in [-0.39, 0.29) is 0 Å². The highest BCUT2D eigenvalue weighted by Crippen LogP contribution is 2.24. The second-order valence-electron chi connectivity index (χ2n) is 3.02. The lowest BCUT2D eigenvalue weighted by Gasteiger charge is -2.03. The molecule has 3 nitrogen and oxygen atoms in total. The van der Waals surface area contributed by atoms with Gasteiger partial charge in [0.2, 0.25) is 0 Å². The molecule has 0 spiro atoms. The standard InChI is InChI=1S/C10H9Cl2N3/c1-13-8-5-14-15(6-8)10-3-2-7(11)4-9(10)12/h2-6,13H,1H3. The molecule has 0 amide bonds. The highest BCUT2D eigenvalue weighted by Gasteiger charge is 2.04. The van der Waals surface area contributed by atoms with Gasteiger partial charge in [0.25, 0.3) is 0 Å². The lowest BCUT2D eigenvalue weighted by molar-refractivity contribution is 0.881. The Labute approximate surface area is 97.6 Å². The first kappa shape index (κ1) is 10.3. The smallest absolute Gasteiger partial charge is 0.0833 e. The Hall–Kier alpha value is -1.19. The van der Waals surface area contributed by atoms with E-state index >= 15 is 0 Å². The molecule has 1 aromatic carbocycles. The predicted molar refractivity (Wildman–Crippen MR) is 63.1 cm³/mol. The van der Waals surface area contributed by atoms with Gasteiger partial charge in [-0.1, -0.05) is 23.2 Å². The van der Waals surface area contributed by atoms with Crippen LogP contribution in [0.5, 0.6) is 0 Å². The van der Waals surface area contributed by atoms with Crippen LogP contribution in [0.4, 0.5) is 5.69 Å². The molecule has 15 heavy (non-hydrogen) atoms. The van der Waals surface area contributed by atoms with Gasteiger partial charge in [-0.3, -0.25) is 0 Å². The van der Waals surface area contributed by atoms with E-state index in [9.17, 15) is 0 Å². The van der Waals surface area contributed by atoms with Gasteiger partial charge in [-0.2, -0.15) is 5.10 Å². The molecule has 0 aliphatic carbocycles. The summed E-state index contributed by atoms with van der Waals surface area (Å²) in [4.78, 5) is 0. The van der Waals surface area contributed by atoms with Gasteiger partial charge in [0.1, 0.15) is 0 Å². The summed E-state index contributed by atoms with van der Waals surface area (Å²) in [5, 5.41) is 8.36. The summed E-state index contributed by atoms with van der Waals surface area (Å²) in [5.41, 5.74) is 1.74. The summed E-state index contributed by atoms with van der Waals surface area (Å²) in [6.45, 7) is 0. The second-order valence-corrected chi connectivity index (χ2v) is 3.86. The van der Waals surface area contributed by atoms with Gasteiger partial charge >= 0.3 is 0 Å². The summed E-state index contributed by atoms with van der Waals surface area (Å²) < 4.78 is 1.70. The molecular formula is C10H9Cl2N3. The Morgan fingerprint density at radius 2 is 2.13 bits per heavy atom. The summed E-state index contributed by atoms with van der Waals surface area (Å²) >= 11 is 11.9. The van der Waals surface area contributed by atoms with Crippen LogP contribution in [0.2, 0.25) is 10.0 Å². The molecule has 0 atom stereocenters. The van der Waals surface area contributed by atoms with Crippen molar-refractivity contribution >= 4 is 28.9 Å². The van der Waals surface area contributed by atoms with Crippen molar-refractivity contribution in [3.05, 3.63) is 40.6 Å². The monoisotopic (exact) mass is 241 g/mol. The molecule has 1 aromatic heterocycles. The topological polar surface area (TPSA) is 29.9 Å². The maximum absolute atomic E-state index is 6.05. The molecule has 2 aromatic rings. The van der Waals surface area contributed by atoms with Crippen molar-refractivity contribution in [2.45, 2.75) is 0 Å². The summed E-state index contributed by atoms with van der Waals surface area (Å²) in [5.74, 6) is 0. The Kier molecular flexibility index (Phi) is 2.84. The number of halogens is 2. The highest BCUT2D eigenvalue weighted by molar-refractivity contribution is 6.35. The summed E-state index contributed by atoms with van der Waals surface area (Å²) in [6, 6.07) is 5.31. The van der Waals surface area contributed by atoms with Crippen LogP contribution in [-0.2, 0) is 0 Å². The average Bonchev–Trinajstić information content (AvgIpc) is 2.66. The van der Waals surface area contributed by atoms with Crippen molar-refractivity contribution < 1.29 is 0 Å². The van der Waals surface area contributed by atoms with E-state index in [2.05, 4.69) is 10.4 Å². The number of nitrogens with zero attached hydrogens (tertiary/aromatic N) is 2. The quantitative estimate of drug-likeness (QED) is 0.876. The van der Waals surface area contributed by atoms with Crippen LogP contribution in [0, 0.1) is 0 Å². The van der Waals surface area contributed by atoms with E-state index in [1.165, 1.54) is 0 Å². The van der Waals surface area contributed by atoms with E-state index in [1.54, 1.807) is 23.0 Å². The lowest BCUT2D eigenvalue weighted by atomic mass is 10.3. The molecule has 0 unspecified atom stereocenters. The maximum Gasteiger partial charge on any atom is 0.0833 e. The number of rotatable bonds is 2. The van der Waals surface area contributed by atoms with Crippen LogP contribution in [0.3, 0.4) is 0 Å². The third-order valence-electron chi connectivity index (χ3n) is 2.03. The molecule has 5 heteroatoms. The third-order valence-corrected chi connectivity index (χ3v) is 2.57. The fourth-order valence-electron chi connectivity index (χ4n) is 1.25. The van der Waals surface area contributed by atoms with Gasteiger partial charge in [0.05, 0.1) is 28.8 Å². The number of aromatic nitrogens is 2. The zero-order valence-corrected chi connectivity index (χ0v) is 9.55. The molecule has 0 bridgehead atoms. The summed E-state index contributed by atoms with van der Waals surface area (Å²) in [6.07, 6.45) is 3.58. The van der Waals surface area contributed by atoms with Crippen LogP contribution in [-0.4, -0.2) is 16.8 Å². The van der Waals surface area contributed by atoms with Crippen molar-refractivity contribution in [3.8, 4) is 5.69 Å². The zero-order chi connectivity index (χ0) is 10.8. The maximum atomic E-state index is 6.05. The Balaban J connectivity index is 2.44. The molecule has 0 radical (unpaired) electrons. The van der Waals surface area contributed by atoms with Crippen LogP contribution in [0.15, 0.2) is 30.6 Å². The van der Waals surface area contributed by atoms with Gasteiger partial charge in [-0.15, -0.1) is 0 Å². The third kappa shape index (κ3) is 2.08. The minimum Gasteiger partial charge on any atom is -0.386 e. The van der Waals surface area contributed by atoms with Crippen molar-refractivity contribution in [2.75, 3.05) is 12.4 Å². The van der Waals surface area contributed by atoms with Crippen molar-refractivity contribution in [1.82, 2.24) is 9.78 Å². The van der Waals surface area contributed by atoms with Gasteiger partial charge < -0.3 is 5.32 Å². The van der Waals surface area contributed by atoms with Crippen LogP contribution < -0.4 is 5.32 Å². The van der Waals surface area contributed by atoms with E-state index < -0.39 is 0 Å². The predicted octanol–water partition coefficient (Wildman–Crippen LogP) is 3.22. The minimum atomic E-state index is 0.577. The molecule has 2 rings (SSSR count). The molecule has 1 heterocycles. The molecule has 0 fully saturated rings. The van der Waals surface area contributed by atoms with Gasteiger partial charge in [-0.05, 0) is 18.2 Å². The minimum absolute atomic E-state index is 0.577. The molecular weight excluding hydrogens is 233 g/mol. The fraction of sp³-hybridized carbons (Fsp3) is 0.100. The number of hydrogen-bond donors (Lipinski definition) is 1. The van der Waals surface area contributed by atoms with Crippen LogP contribution in [0.1, 0.15) is 0 Å². The molecule has 0 aliphatic rings. The van der Waals surface area contributed by atoms with Crippen LogP contribution >= 0.6 is 23.2 Å². The number of nitrogens with one attached hydrogen (secondary N) is 1. The second kappa shape index (κ2) is 4.13. The summed E-state index contributed by atoms with van der Waals surface area (Å²) in [7, 11) is 1.84. The Bertz CT molecular complexity index is 479. The number of anilines is 1. The first-order valence-electron chi connectivity index (χ1n) is 4.38. The van der Waals surface area contributed by atoms with E-state index in [4.69, 9.17) is 23.2 Å². The molecule has 78 valence electrons. The van der Waals surface area contributed by atoms with E-state index in [0.717, 1.165) is 11.4 Å². The first-order chi connectivity index (χ1) is 7.20. The average molecular weight is 242 g/mol. The fourth-order valence-corrected chi connectivity index (χ4v) is 1.75. The largest absolute Gasteiger partial charge is 0.386 e.